The fourth-order valence-electron chi connectivity index (χ4n) is 5.89. The van der Waals surface area contributed by atoms with Crippen molar-refractivity contribution in [3.05, 3.63) is 123 Å². The fourth-order valence-corrected chi connectivity index (χ4v) is 5.89. The molecule has 2 bridgehead atoms. The molecule has 0 aromatic heterocycles. The first-order valence-corrected chi connectivity index (χ1v) is 16.3. The third kappa shape index (κ3) is 6.85. The second-order valence-corrected chi connectivity index (χ2v) is 13.5. The molecule has 0 saturated carbocycles. The van der Waals surface area contributed by atoms with Crippen LogP contribution in [0.3, 0.4) is 0 Å². The molecule has 2 N–H and O–H groups in total. The van der Waals surface area contributed by atoms with Gasteiger partial charge >= 0.3 is 5.97 Å². The monoisotopic (exact) mass is 638 g/mol. The van der Waals surface area contributed by atoms with Gasteiger partial charge in [-0.05, 0) is 70.6 Å². The highest BCUT2D eigenvalue weighted by atomic mass is 16.9. The minimum absolute atomic E-state index is 0.00942. The van der Waals surface area contributed by atoms with Crippen LogP contribution in [0.1, 0.15) is 110 Å². The van der Waals surface area contributed by atoms with E-state index in [9.17, 15) is 15.0 Å². The van der Waals surface area contributed by atoms with Gasteiger partial charge in [0.15, 0.2) is 5.78 Å². The Labute approximate surface area is 278 Å². The molecule has 0 atom stereocenters. The summed E-state index contributed by atoms with van der Waals surface area (Å²) in [6.45, 7) is 16.6. The number of aliphatic hydroxyl groups excluding tert-OH is 2. The third-order valence-electron chi connectivity index (χ3n) is 8.89. The van der Waals surface area contributed by atoms with Crippen molar-refractivity contribution in [2.45, 2.75) is 98.6 Å². The lowest BCUT2D eigenvalue weighted by Crippen LogP contribution is -2.44. The Bertz CT molecular complexity index is 1690. The van der Waals surface area contributed by atoms with Crippen LogP contribution in [0.15, 0.2) is 72.8 Å². The lowest BCUT2D eigenvalue weighted by atomic mass is 9.75. The Hall–Kier alpha value is -4.01. The zero-order valence-electron chi connectivity index (χ0n) is 28.7. The number of carbonyl (C=O) groups excluding carboxylic acids is 1. The smallest absolute Gasteiger partial charge is 0.324 e. The summed E-state index contributed by atoms with van der Waals surface area (Å²) >= 11 is 0. The van der Waals surface area contributed by atoms with Crippen LogP contribution in [0, 0.1) is 0 Å². The molecule has 248 valence electrons. The quantitative estimate of drug-likeness (QED) is 0.187. The van der Waals surface area contributed by atoms with E-state index in [0.29, 0.717) is 47.0 Å². The van der Waals surface area contributed by atoms with Gasteiger partial charge < -0.3 is 29.2 Å². The van der Waals surface area contributed by atoms with E-state index >= 15 is 0 Å². The molecule has 0 radical (unpaired) electrons. The Balaban J connectivity index is 0.00000213. The second-order valence-electron chi connectivity index (χ2n) is 13.5. The summed E-state index contributed by atoms with van der Waals surface area (Å²) in [6, 6.07) is 22.6. The van der Waals surface area contributed by atoms with Crippen LogP contribution in [-0.4, -0.2) is 22.0 Å². The standard InChI is InChI=1S/C38H40O7.C2H6/c1-36(2,3)29-11-7-23(8-12-29)33(41)24-9-13-32(14-10-24)44-34-25(19-39)15-30(16-26(34)20-40)37(4,5)31-17-27-21-42-38(6)43-22-28(18-31)35(27)45-38;1-2/h7-18,39-40H,19-22H2,1-6H3;1-2H3. The van der Waals surface area contributed by atoms with E-state index in [4.69, 9.17) is 18.9 Å². The summed E-state index contributed by atoms with van der Waals surface area (Å²) < 4.78 is 23.8. The van der Waals surface area contributed by atoms with Crippen molar-refractivity contribution < 1.29 is 34.0 Å². The van der Waals surface area contributed by atoms with Gasteiger partial charge in [0.05, 0.1) is 26.4 Å². The summed E-state index contributed by atoms with van der Waals surface area (Å²) in [4.78, 5) is 13.1. The molecule has 0 saturated heterocycles. The van der Waals surface area contributed by atoms with Gasteiger partial charge in [-0.3, -0.25) is 4.79 Å². The normalized spacial score (nSPS) is 14.9. The molecule has 6 rings (SSSR count). The van der Waals surface area contributed by atoms with E-state index < -0.39 is 11.4 Å². The van der Waals surface area contributed by atoms with Crippen molar-refractivity contribution in [3.8, 4) is 17.2 Å². The lowest BCUT2D eigenvalue weighted by molar-refractivity contribution is -0.361. The van der Waals surface area contributed by atoms with Gasteiger partial charge in [0.25, 0.3) is 0 Å². The minimum Gasteiger partial charge on any atom is -0.457 e. The van der Waals surface area contributed by atoms with E-state index in [2.05, 4.69) is 46.8 Å². The van der Waals surface area contributed by atoms with Crippen molar-refractivity contribution in [3.63, 3.8) is 0 Å². The Morgan fingerprint density at radius 3 is 1.68 bits per heavy atom. The molecule has 7 heteroatoms. The zero-order chi connectivity index (χ0) is 34.1. The van der Waals surface area contributed by atoms with Gasteiger partial charge in [-0.25, -0.2) is 0 Å². The summed E-state index contributed by atoms with van der Waals surface area (Å²) in [5.74, 6) is 0.582. The molecule has 7 nitrogen and oxygen atoms in total. The Kier molecular flexibility index (Phi) is 9.67. The van der Waals surface area contributed by atoms with Crippen LogP contribution in [-0.2, 0) is 46.7 Å². The van der Waals surface area contributed by atoms with E-state index in [1.54, 1.807) is 31.2 Å². The number of ether oxygens (including phenoxy) is 4. The molecule has 0 amide bonds. The first kappa shape index (κ1) is 34.3. The van der Waals surface area contributed by atoms with E-state index in [1.165, 1.54) is 5.56 Å². The lowest BCUT2D eigenvalue weighted by Gasteiger charge is -2.40. The number of ketones is 1. The molecular formula is C40H46O7. The molecule has 0 spiro atoms. The predicted molar refractivity (Wildman–Crippen MR) is 182 cm³/mol. The highest BCUT2D eigenvalue weighted by molar-refractivity contribution is 6.09. The average Bonchev–Trinajstić information content (AvgIpc) is 3.08. The first-order chi connectivity index (χ1) is 22.3. The number of benzene rings is 4. The average molecular weight is 639 g/mol. The van der Waals surface area contributed by atoms with E-state index in [-0.39, 0.29) is 24.4 Å². The predicted octanol–water partition coefficient (Wildman–Crippen LogP) is 8.46. The molecule has 0 fully saturated rings. The molecule has 4 aromatic rings. The van der Waals surface area contributed by atoms with E-state index in [1.807, 2.05) is 50.2 Å². The highest BCUT2D eigenvalue weighted by Crippen LogP contribution is 2.45. The third-order valence-corrected chi connectivity index (χ3v) is 8.89. The molecule has 2 aliphatic heterocycles. The number of rotatable bonds is 8. The minimum atomic E-state index is -1.05. The topological polar surface area (TPSA) is 94.5 Å². The summed E-state index contributed by atoms with van der Waals surface area (Å²) in [5, 5.41) is 20.8. The van der Waals surface area contributed by atoms with Gasteiger partial charge in [0, 0.05) is 45.7 Å². The molecule has 47 heavy (non-hydrogen) atoms. The van der Waals surface area contributed by atoms with Gasteiger partial charge in [-0.15, -0.1) is 0 Å². The van der Waals surface area contributed by atoms with Crippen molar-refractivity contribution in [1.29, 1.82) is 0 Å². The number of carbonyl (C=O) groups is 1. The zero-order valence-corrected chi connectivity index (χ0v) is 28.7. The molecule has 0 unspecified atom stereocenters. The number of hydrogen-bond donors (Lipinski definition) is 2. The van der Waals surface area contributed by atoms with Crippen molar-refractivity contribution in [2.24, 2.45) is 0 Å². The largest absolute Gasteiger partial charge is 0.457 e. The number of fused-ring (bicyclic) bond motifs is 1. The van der Waals surface area contributed by atoms with E-state index in [0.717, 1.165) is 28.0 Å². The summed E-state index contributed by atoms with van der Waals surface area (Å²) in [6.07, 6.45) is 0. The molecule has 2 heterocycles. The molecular weight excluding hydrogens is 592 g/mol. The Morgan fingerprint density at radius 2 is 1.21 bits per heavy atom. The SMILES string of the molecule is CC.CC12OCc3cc(C(C)(C)c4cc(CO)c(Oc5ccc(C(=O)c6ccc(C(C)(C)C)cc6)cc5)c(CO)c4)cc(c3O1)CO2. The van der Waals surface area contributed by atoms with Gasteiger partial charge in [-0.2, -0.15) is 0 Å². The van der Waals surface area contributed by atoms with Crippen LogP contribution in [0.25, 0.3) is 0 Å². The summed E-state index contributed by atoms with van der Waals surface area (Å²) in [5.41, 5.74) is 6.81. The highest BCUT2D eigenvalue weighted by Gasteiger charge is 2.40. The van der Waals surface area contributed by atoms with Crippen LogP contribution in [0.4, 0.5) is 0 Å². The number of aliphatic hydroxyl groups is 2. The van der Waals surface area contributed by atoms with Crippen LogP contribution < -0.4 is 9.47 Å². The van der Waals surface area contributed by atoms with Crippen LogP contribution >= 0.6 is 0 Å². The summed E-state index contributed by atoms with van der Waals surface area (Å²) in [7, 11) is 0. The maximum Gasteiger partial charge on any atom is 0.324 e. The van der Waals surface area contributed by atoms with Crippen LogP contribution in [0.2, 0.25) is 0 Å². The molecule has 0 aliphatic carbocycles. The first-order valence-electron chi connectivity index (χ1n) is 16.3. The molecule has 4 aromatic carbocycles. The number of hydrogen-bond acceptors (Lipinski definition) is 7. The van der Waals surface area contributed by atoms with Gasteiger partial charge in [0.2, 0.25) is 0 Å². The maximum atomic E-state index is 13.1. The van der Waals surface area contributed by atoms with Crippen molar-refractivity contribution in [1.82, 2.24) is 0 Å². The fraction of sp³-hybridized carbons (Fsp3) is 0.375. The Morgan fingerprint density at radius 1 is 0.745 bits per heavy atom. The van der Waals surface area contributed by atoms with Crippen molar-refractivity contribution >= 4 is 5.78 Å². The van der Waals surface area contributed by atoms with Crippen LogP contribution in [0.5, 0.6) is 17.2 Å². The van der Waals surface area contributed by atoms with Crippen molar-refractivity contribution in [2.75, 3.05) is 0 Å². The molecule has 2 aliphatic rings. The van der Waals surface area contributed by atoms with Gasteiger partial charge in [0.1, 0.15) is 17.2 Å². The van der Waals surface area contributed by atoms with Gasteiger partial charge in [-0.1, -0.05) is 72.7 Å². The second kappa shape index (κ2) is 13.2. The maximum absolute atomic E-state index is 13.1.